The SMILES string of the molecule is CC=S.Cc1cccc2cn[nH]c12. The van der Waals surface area contributed by atoms with Gasteiger partial charge in [-0.1, -0.05) is 30.4 Å². The minimum absolute atomic E-state index is 1.14. The first-order valence-corrected chi connectivity index (χ1v) is 4.55. The molecule has 68 valence electrons. The molecule has 2 nitrogen and oxygen atoms in total. The van der Waals surface area contributed by atoms with Gasteiger partial charge in [-0.2, -0.15) is 5.10 Å². The highest BCUT2D eigenvalue weighted by Gasteiger charge is 1.94. The van der Waals surface area contributed by atoms with E-state index in [2.05, 4.69) is 35.4 Å². The Morgan fingerprint density at radius 3 is 2.77 bits per heavy atom. The summed E-state index contributed by atoms with van der Waals surface area (Å²) in [5.41, 5.74) is 2.39. The van der Waals surface area contributed by atoms with Gasteiger partial charge in [-0.25, -0.2) is 0 Å². The van der Waals surface area contributed by atoms with Crippen molar-refractivity contribution in [2.75, 3.05) is 0 Å². The fourth-order valence-electron chi connectivity index (χ4n) is 1.12. The average molecular weight is 192 g/mol. The molecule has 1 aromatic heterocycles. The first kappa shape index (κ1) is 9.86. The molecule has 1 heterocycles. The van der Waals surface area contributed by atoms with Gasteiger partial charge in [0.1, 0.15) is 0 Å². The Morgan fingerprint density at radius 1 is 1.46 bits per heavy atom. The van der Waals surface area contributed by atoms with Gasteiger partial charge < -0.3 is 0 Å². The van der Waals surface area contributed by atoms with Crippen LogP contribution in [-0.4, -0.2) is 15.6 Å². The Kier molecular flexibility index (Phi) is 3.58. The second kappa shape index (κ2) is 4.72. The molecular formula is C10H12N2S. The maximum Gasteiger partial charge on any atom is 0.0679 e. The fraction of sp³-hybridized carbons (Fsp3) is 0.200. The first-order chi connectivity index (χ1) is 6.29. The number of aromatic amines is 1. The van der Waals surface area contributed by atoms with Crippen LogP contribution in [0.4, 0.5) is 0 Å². The zero-order chi connectivity index (χ0) is 9.68. The van der Waals surface area contributed by atoms with Crippen LogP contribution in [0.3, 0.4) is 0 Å². The third-order valence-electron chi connectivity index (χ3n) is 1.69. The number of hydrogen-bond acceptors (Lipinski definition) is 2. The van der Waals surface area contributed by atoms with Crippen LogP contribution in [0.5, 0.6) is 0 Å². The highest BCUT2D eigenvalue weighted by Crippen LogP contribution is 2.13. The topological polar surface area (TPSA) is 28.7 Å². The molecule has 2 rings (SSSR count). The minimum atomic E-state index is 1.14. The van der Waals surface area contributed by atoms with E-state index in [1.807, 2.05) is 25.3 Å². The molecule has 0 fully saturated rings. The Hall–Kier alpha value is -1.22. The molecule has 0 aliphatic heterocycles. The van der Waals surface area contributed by atoms with Crippen LogP contribution in [0.15, 0.2) is 24.4 Å². The molecule has 0 saturated heterocycles. The molecule has 2 aromatic rings. The summed E-state index contributed by atoms with van der Waals surface area (Å²) in [6.45, 7) is 3.88. The summed E-state index contributed by atoms with van der Waals surface area (Å²) in [5, 5.41) is 9.64. The number of rotatable bonds is 0. The largest absolute Gasteiger partial charge is 0.278 e. The van der Waals surface area contributed by atoms with E-state index in [9.17, 15) is 0 Å². The lowest BCUT2D eigenvalue weighted by Crippen LogP contribution is -1.73. The van der Waals surface area contributed by atoms with Crippen LogP contribution >= 0.6 is 12.2 Å². The van der Waals surface area contributed by atoms with Crippen LogP contribution in [0, 0.1) is 6.92 Å². The minimum Gasteiger partial charge on any atom is -0.278 e. The number of aromatic nitrogens is 2. The Bertz CT molecular complexity index is 392. The molecule has 0 saturated carbocycles. The molecule has 0 aliphatic carbocycles. The number of nitrogens with zero attached hydrogens (tertiary/aromatic N) is 1. The maximum absolute atomic E-state index is 4.27. The van der Waals surface area contributed by atoms with E-state index in [0.29, 0.717) is 0 Å². The summed E-state index contributed by atoms with van der Waals surface area (Å²) in [6.07, 6.45) is 1.84. The number of aryl methyl sites for hydroxylation is 1. The average Bonchev–Trinajstić information content (AvgIpc) is 2.54. The first-order valence-electron chi connectivity index (χ1n) is 4.08. The lowest BCUT2D eigenvalue weighted by atomic mass is 10.2. The van der Waals surface area contributed by atoms with Crippen molar-refractivity contribution in [1.29, 1.82) is 0 Å². The Balaban J connectivity index is 0.000000251. The van der Waals surface area contributed by atoms with Gasteiger partial charge in [0, 0.05) is 5.39 Å². The summed E-state index contributed by atoms with van der Waals surface area (Å²) in [4.78, 5) is 0. The lowest BCUT2D eigenvalue weighted by molar-refractivity contribution is 1.11. The number of thiocarbonyl (C=S) groups is 1. The lowest BCUT2D eigenvalue weighted by Gasteiger charge is -1.90. The van der Waals surface area contributed by atoms with Crippen LogP contribution in [0.2, 0.25) is 0 Å². The van der Waals surface area contributed by atoms with E-state index in [-0.39, 0.29) is 0 Å². The van der Waals surface area contributed by atoms with Crippen molar-refractivity contribution in [1.82, 2.24) is 10.2 Å². The highest BCUT2D eigenvalue weighted by atomic mass is 32.1. The van der Waals surface area contributed by atoms with Gasteiger partial charge in [0.15, 0.2) is 0 Å². The summed E-state index contributed by atoms with van der Waals surface area (Å²) < 4.78 is 0. The van der Waals surface area contributed by atoms with Crippen LogP contribution < -0.4 is 0 Å². The van der Waals surface area contributed by atoms with E-state index in [1.54, 1.807) is 5.37 Å². The standard InChI is InChI=1S/C8H8N2.C2H4S/c1-6-3-2-4-7-5-9-10-8(6)7;1-2-3/h2-5H,1H3,(H,9,10);2H,1H3. The van der Waals surface area contributed by atoms with E-state index in [4.69, 9.17) is 0 Å². The molecule has 0 amide bonds. The number of nitrogens with one attached hydrogen (secondary N) is 1. The molecule has 0 radical (unpaired) electrons. The molecule has 0 unspecified atom stereocenters. The number of fused-ring (bicyclic) bond motifs is 1. The van der Waals surface area contributed by atoms with E-state index >= 15 is 0 Å². The van der Waals surface area contributed by atoms with Crippen LogP contribution in [-0.2, 0) is 0 Å². The van der Waals surface area contributed by atoms with E-state index < -0.39 is 0 Å². The highest BCUT2D eigenvalue weighted by molar-refractivity contribution is 7.78. The smallest absolute Gasteiger partial charge is 0.0679 e. The quantitative estimate of drug-likeness (QED) is 0.650. The normalized spacial score (nSPS) is 9.08. The number of hydrogen-bond donors (Lipinski definition) is 1. The molecule has 0 aliphatic rings. The Labute approximate surface area is 83.0 Å². The zero-order valence-corrected chi connectivity index (χ0v) is 8.56. The summed E-state index contributed by atoms with van der Waals surface area (Å²) in [5.74, 6) is 0. The molecule has 0 atom stereocenters. The van der Waals surface area contributed by atoms with Gasteiger partial charge in [-0.15, -0.1) is 0 Å². The van der Waals surface area contributed by atoms with Crippen LogP contribution in [0.1, 0.15) is 12.5 Å². The molecule has 1 aromatic carbocycles. The summed E-state index contributed by atoms with van der Waals surface area (Å²) >= 11 is 4.27. The van der Waals surface area contributed by atoms with Gasteiger partial charge >= 0.3 is 0 Å². The van der Waals surface area contributed by atoms with Gasteiger partial charge in [0.05, 0.1) is 11.7 Å². The monoisotopic (exact) mass is 192 g/mol. The number of para-hydroxylation sites is 1. The molecule has 3 heteroatoms. The fourth-order valence-corrected chi connectivity index (χ4v) is 1.12. The Morgan fingerprint density at radius 2 is 2.15 bits per heavy atom. The number of H-pyrrole nitrogens is 1. The molecule has 0 bridgehead atoms. The van der Waals surface area contributed by atoms with Crippen molar-refractivity contribution >= 4 is 28.5 Å². The van der Waals surface area contributed by atoms with Crippen molar-refractivity contribution in [3.05, 3.63) is 30.0 Å². The van der Waals surface area contributed by atoms with Gasteiger partial charge in [-0.05, 0) is 24.8 Å². The molecule has 0 spiro atoms. The van der Waals surface area contributed by atoms with Crippen molar-refractivity contribution in [2.45, 2.75) is 13.8 Å². The van der Waals surface area contributed by atoms with Crippen molar-refractivity contribution in [2.24, 2.45) is 0 Å². The van der Waals surface area contributed by atoms with Gasteiger partial charge in [-0.3, -0.25) is 5.10 Å². The summed E-state index contributed by atoms with van der Waals surface area (Å²) in [6, 6.07) is 6.15. The summed E-state index contributed by atoms with van der Waals surface area (Å²) in [7, 11) is 0. The predicted octanol–water partition coefficient (Wildman–Crippen LogP) is 2.88. The second-order valence-electron chi connectivity index (χ2n) is 2.64. The third-order valence-corrected chi connectivity index (χ3v) is 1.69. The zero-order valence-electron chi connectivity index (χ0n) is 7.74. The second-order valence-corrected chi connectivity index (χ2v) is 3.12. The third kappa shape index (κ3) is 2.36. The molecule has 1 N–H and O–H groups in total. The molecular weight excluding hydrogens is 180 g/mol. The van der Waals surface area contributed by atoms with Crippen molar-refractivity contribution in [3.63, 3.8) is 0 Å². The number of benzene rings is 1. The van der Waals surface area contributed by atoms with E-state index in [1.165, 1.54) is 10.9 Å². The predicted molar refractivity (Wildman–Crippen MR) is 60.2 cm³/mol. The molecule has 13 heavy (non-hydrogen) atoms. The van der Waals surface area contributed by atoms with Gasteiger partial charge in [0.25, 0.3) is 0 Å². The van der Waals surface area contributed by atoms with Gasteiger partial charge in [0.2, 0.25) is 0 Å². The van der Waals surface area contributed by atoms with E-state index in [0.717, 1.165) is 5.52 Å². The van der Waals surface area contributed by atoms with Crippen molar-refractivity contribution in [3.8, 4) is 0 Å². The van der Waals surface area contributed by atoms with Crippen molar-refractivity contribution < 1.29 is 0 Å². The maximum atomic E-state index is 4.27. The van der Waals surface area contributed by atoms with Crippen LogP contribution in [0.25, 0.3) is 10.9 Å².